The first-order chi connectivity index (χ1) is 11.6. The maximum absolute atomic E-state index is 11.1. The maximum atomic E-state index is 11.1. The summed E-state index contributed by atoms with van der Waals surface area (Å²) in [5.41, 5.74) is 4.27. The van der Waals surface area contributed by atoms with Crippen molar-refractivity contribution in [1.82, 2.24) is 0 Å². The lowest BCUT2D eigenvalue weighted by molar-refractivity contribution is -0.384. The van der Waals surface area contributed by atoms with Gasteiger partial charge in [0.2, 0.25) is 0 Å². The molecule has 1 heterocycles. The number of nitro benzene ring substituents is 1. The second-order valence-electron chi connectivity index (χ2n) is 5.66. The van der Waals surface area contributed by atoms with E-state index in [1.807, 2.05) is 48.5 Å². The fourth-order valence-corrected chi connectivity index (χ4v) is 3.29. The first-order valence-electron chi connectivity index (χ1n) is 7.53. The molecule has 0 aromatic heterocycles. The summed E-state index contributed by atoms with van der Waals surface area (Å²) in [6.45, 7) is 0. The highest BCUT2D eigenvalue weighted by Gasteiger charge is 2.36. The number of halogens is 1. The van der Waals surface area contributed by atoms with Crippen LogP contribution in [-0.2, 0) is 0 Å². The molecule has 3 aromatic rings. The molecule has 1 atom stereocenters. The Bertz CT molecular complexity index is 925. The molecule has 0 bridgehead atoms. The van der Waals surface area contributed by atoms with Crippen LogP contribution in [0.4, 0.5) is 17.1 Å². The van der Waals surface area contributed by atoms with Gasteiger partial charge in [-0.3, -0.25) is 10.1 Å². The van der Waals surface area contributed by atoms with Crippen molar-refractivity contribution >= 4 is 28.7 Å². The van der Waals surface area contributed by atoms with E-state index in [1.54, 1.807) is 12.1 Å². The Balaban J connectivity index is 1.82. The van der Waals surface area contributed by atoms with E-state index in [0.717, 1.165) is 16.9 Å². The molecule has 1 aliphatic rings. The number of fused-ring (bicyclic) bond motifs is 1. The number of hydrogen-bond donors (Lipinski definition) is 0. The van der Waals surface area contributed by atoms with Crippen molar-refractivity contribution in [2.24, 2.45) is 0 Å². The number of anilines is 2. The van der Waals surface area contributed by atoms with Gasteiger partial charge in [-0.1, -0.05) is 48.0 Å². The fraction of sp³-hybridized carbons (Fsp3) is 0.0526. The summed E-state index contributed by atoms with van der Waals surface area (Å²) in [6.07, 6.45) is 0. The van der Waals surface area contributed by atoms with Crippen LogP contribution in [0.3, 0.4) is 0 Å². The summed E-state index contributed by atoms with van der Waals surface area (Å²) in [5, 5.41) is 11.8. The molecule has 0 saturated carbocycles. The number of nitro groups is 1. The van der Waals surface area contributed by atoms with Gasteiger partial charge in [-0.25, -0.2) is 0 Å². The average Bonchev–Trinajstić information content (AvgIpc) is 2.58. The van der Waals surface area contributed by atoms with E-state index in [-0.39, 0.29) is 16.7 Å². The van der Waals surface area contributed by atoms with Gasteiger partial charge in [0.1, 0.15) is 0 Å². The van der Waals surface area contributed by atoms with Gasteiger partial charge >= 0.3 is 0 Å². The SMILES string of the molecule is O=[N+]([O-])c1cccc(N2c3ccccc3C2c2ccc(Cl)cc2)c1. The Morgan fingerprint density at radius 3 is 2.46 bits per heavy atom. The van der Waals surface area contributed by atoms with E-state index in [2.05, 4.69) is 11.0 Å². The summed E-state index contributed by atoms with van der Waals surface area (Å²) >= 11 is 6.00. The Labute approximate surface area is 144 Å². The lowest BCUT2D eigenvalue weighted by Gasteiger charge is -2.45. The van der Waals surface area contributed by atoms with Crippen LogP contribution in [0.15, 0.2) is 72.8 Å². The van der Waals surface area contributed by atoms with Crippen molar-refractivity contribution in [3.63, 3.8) is 0 Å². The molecule has 0 amide bonds. The zero-order valence-corrected chi connectivity index (χ0v) is 13.4. The number of nitrogens with zero attached hydrogens (tertiary/aromatic N) is 2. The number of benzene rings is 3. The quantitative estimate of drug-likeness (QED) is 0.469. The minimum Gasteiger partial charge on any atom is -0.329 e. The standard InChI is InChI=1S/C19H13ClN2O2/c20-14-10-8-13(9-11-14)19-17-6-1-2-7-18(17)21(19)15-4-3-5-16(12-15)22(23)24/h1-12,19H. The third-order valence-electron chi connectivity index (χ3n) is 4.25. The van der Waals surface area contributed by atoms with Crippen molar-refractivity contribution in [1.29, 1.82) is 0 Å². The van der Waals surface area contributed by atoms with E-state index < -0.39 is 0 Å². The molecule has 4 rings (SSSR count). The van der Waals surface area contributed by atoms with Crippen molar-refractivity contribution in [2.75, 3.05) is 4.90 Å². The normalized spacial score (nSPS) is 15.5. The average molecular weight is 337 g/mol. The molecule has 0 saturated heterocycles. The van der Waals surface area contributed by atoms with Crippen molar-refractivity contribution in [3.05, 3.63) is 99.1 Å². The zero-order chi connectivity index (χ0) is 16.7. The van der Waals surface area contributed by atoms with E-state index in [1.165, 1.54) is 11.6 Å². The molecule has 3 aromatic carbocycles. The molecule has 0 spiro atoms. The van der Waals surface area contributed by atoms with Gasteiger partial charge in [-0.05, 0) is 29.8 Å². The summed E-state index contributed by atoms with van der Waals surface area (Å²) in [7, 11) is 0. The Morgan fingerprint density at radius 1 is 0.958 bits per heavy atom. The smallest absolute Gasteiger partial charge is 0.271 e. The molecule has 0 N–H and O–H groups in total. The molecule has 5 heteroatoms. The number of non-ortho nitro benzene ring substituents is 1. The lowest BCUT2D eigenvalue weighted by atomic mass is 9.87. The minimum absolute atomic E-state index is 0.0282. The summed E-state index contributed by atoms with van der Waals surface area (Å²) in [4.78, 5) is 12.8. The number of rotatable bonds is 3. The predicted octanol–water partition coefficient (Wildman–Crippen LogP) is 5.49. The van der Waals surface area contributed by atoms with Crippen LogP contribution in [0.5, 0.6) is 0 Å². The van der Waals surface area contributed by atoms with Gasteiger partial charge in [0.15, 0.2) is 0 Å². The van der Waals surface area contributed by atoms with Gasteiger partial charge < -0.3 is 4.90 Å². The third-order valence-corrected chi connectivity index (χ3v) is 4.51. The molecule has 1 aliphatic heterocycles. The van der Waals surface area contributed by atoms with Crippen LogP contribution >= 0.6 is 11.6 Å². The third kappa shape index (κ3) is 2.32. The van der Waals surface area contributed by atoms with E-state index in [4.69, 9.17) is 11.6 Å². The second-order valence-corrected chi connectivity index (χ2v) is 6.10. The van der Waals surface area contributed by atoms with Crippen LogP contribution in [-0.4, -0.2) is 4.92 Å². The molecule has 118 valence electrons. The van der Waals surface area contributed by atoms with Crippen LogP contribution in [0.1, 0.15) is 17.2 Å². The molecular formula is C19H13ClN2O2. The molecule has 0 radical (unpaired) electrons. The monoisotopic (exact) mass is 336 g/mol. The van der Waals surface area contributed by atoms with Crippen molar-refractivity contribution < 1.29 is 4.92 Å². The largest absolute Gasteiger partial charge is 0.329 e. The highest BCUT2D eigenvalue weighted by atomic mass is 35.5. The molecule has 4 nitrogen and oxygen atoms in total. The van der Waals surface area contributed by atoms with Crippen molar-refractivity contribution in [2.45, 2.75) is 6.04 Å². The topological polar surface area (TPSA) is 46.4 Å². The van der Waals surface area contributed by atoms with Gasteiger partial charge in [0.25, 0.3) is 5.69 Å². The Morgan fingerprint density at radius 2 is 1.71 bits per heavy atom. The van der Waals surface area contributed by atoms with Gasteiger partial charge in [0.05, 0.1) is 11.0 Å². The van der Waals surface area contributed by atoms with Crippen LogP contribution < -0.4 is 4.90 Å². The summed E-state index contributed by atoms with van der Waals surface area (Å²) in [6, 6.07) is 22.6. The first kappa shape index (κ1) is 14.7. The molecule has 0 fully saturated rings. The van der Waals surface area contributed by atoms with Crippen LogP contribution in [0, 0.1) is 10.1 Å². The van der Waals surface area contributed by atoms with Gasteiger partial charge in [-0.2, -0.15) is 0 Å². The molecule has 1 unspecified atom stereocenters. The zero-order valence-electron chi connectivity index (χ0n) is 12.6. The summed E-state index contributed by atoms with van der Waals surface area (Å²) in [5.74, 6) is 0. The fourth-order valence-electron chi connectivity index (χ4n) is 3.17. The number of para-hydroxylation sites is 1. The minimum atomic E-state index is -0.369. The molecule has 24 heavy (non-hydrogen) atoms. The van der Waals surface area contributed by atoms with Crippen molar-refractivity contribution in [3.8, 4) is 0 Å². The maximum Gasteiger partial charge on any atom is 0.271 e. The lowest BCUT2D eigenvalue weighted by Crippen LogP contribution is -2.34. The number of hydrogen-bond acceptors (Lipinski definition) is 3. The van der Waals surface area contributed by atoms with Gasteiger partial charge in [-0.15, -0.1) is 0 Å². The Kier molecular flexibility index (Phi) is 3.47. The van der Waals surface area contributed by atoms with Gasteiger partial charge in [0, 0.05) is 34.1 Å². The van der Waals surface area contributed by atoms with Crippen LogP contribution in [0.25, 0.3) is 0 Å². The predicted molar refractivity (Wildman–Crippen MR) is 95.0 cm³/mol. The summed E-state index contributed by atoms with van der Waals surface area (Å²) < 4.78 is 0. The van der Waals surface area contributed by atoms with E-state index >= 15 is 0 Å². The van der Waals surface area contributed by atoms with Crippen LogP contribution in [0.2, 0.25) is 5.02 Å². The first-order valence-corrected chi connectivity index (χ1v) is 7.91. The molecular weight excluding hydrogens is 324 g/mol. The Hall–Kier alpha value is -2.85. The second kappa shape index (κ2) is 5.65. The highest BCUT2D eigenvalue weighted by molar-refractivity contribution is 6.30. The highest BCUT2D eigenvalue weighted by Crippen LogP contribution is 2.51. The molecule has 0 aliphatic carbocycles. The van der Waals surface area contributed by atoms with E-state index in [9.17, 15) is 10.1 Å². The van der Waals surface area contributed by atoms with E-state index in [0.29, 0.717) is 5.02 Å².